The summed E-state index contributed by atoms with van der Waals surface area (Å²) >= 11 is 0. The Labute approximate surface area is 107 Å². The van der Waals surface area contributed by atoms with Crippen LogP contribution >= 0.6 is 0 Å². The summed E-state index contributed by atoms with van der Waals surface area (Å²) in [5.41, 5.74) is 0.803. The highest BCUT2D eigenvalue weighted by atomic mass is 19.1. The molecule has 0 radical (unpaired) electrons. The van der Waals surface area contributed by atoms with Crippen molar-refractivity contribution >= 4 is 5.91 Å². The van der Waals surface area contributed by atoms with Crippen LogP contribution in [-0.2, 0) is 4.79 Å². The Hall–Kier alpha value is -1.42. The second-order valence-corrected chi connectivity index (χ2v) is 4.81. The monoisotopic (exact) mass is 250 g/mol. The minimum absolute atomic E-state index is 0.0771. The van der Waals surface area contributed by atoms with Crippen molar-refractivity contribution < 1.29 is 9.18 Å². The molecule has 2 rings (SSSR count). The average molecular weight is 250 g/mol. The van der Waals surface area contributed by atoms with E-state index in [9.17, 15) is 9.18 Å². The van der Waals surface area contributed by atoms with Gasteiger partial charge >= 0.3 is 0 Å². The van der Waals surface area contributed by atoms with E-state index in [2.05, 4.69) is 10.6 Å². The lowest BCUT2D eigenvalue weighted by Gasteiger charge is -2.24. The smallest absolute Gasteiger partial charge is 0.223 e. The molecule has 1 aromatic rings. The van der Waals surface area contributed by atoms with E-state index in [0.29, 0.717) is 0 Å². The van der Waals surface area contributed by atoms with Crippen molar-refractivity contribution in [3.63, 3.8) is 0 Å². The third-order valence-electron chi connectivity index (χ3n) is 3.42. The van der Waals surface area contributed by atoms with Crippen molar-refractivity contribution in [2.45, 2.75) is 25.8 Å². The van der Waals surface area contributed by atoms with Gasteiger partial charge in [0.1, 0.15) is 5.82 Å². The first kappa shape index (κ1) is 13.0. The van der Waals surface area contributed by atoms with Gasteiger partial charge in [-0.25, -0.2) is 4.39 Å². The van der Waals surface area contributed by atoms with Crippen LogP contribution in [0, 0.1) is 11.7 Å². The van der Waals surface area contributed by atoms with Gasteiger partial charge < -0.3 is 10.6 Å². The SMILES string of the molecule is C[C@H](NC(=O)C1CCNCC1)c1cccc(F)c1. The van der Waals surface area contributed by atoms with E-state index in [0.717, 1.165) is 31.5 Å². The van der Waals surface area contributed by atoms with Gasteiger partial charge in [0.2, 0.25) is 5.91 Å². The fraction of sp³-hybridized carbons (Fsp3) is 0.500. The first-order valence-electron chi connectivity index (χ1n) is 6.43. The molecule has 0 aliphatic carbocycles. The van der Waals surface area contributed by atoms with E-state index in [1.54, 1.807) is 6.07 Å². The predicted octanol–water partition coefficient (Wildman–Crippen LogP) is 2.00. The number of amides is 1. The molecule has 1 atom stereocenters. The third-order valence-corrected chi connectivity index (χ3v) is 3.42. The maximum atomic E-state index is 13.1. The summed E-state index contributed by atoms with van der Waals surface area (Å²) in [5.74, 6) is -0.106. The van der Waals surface area contributed by atoms with Gasteiger partial charge in [-0.2, -0.15) is 0 Å². The zero-order valence-corrected chi connectivity index (χ0v) is 10.6. The summed E-state index contributed by atoms with van der Waals surface area (Å²) in [6.07, 6.45) is 1.75. The van der Waals surface area contributed by atoms with Gasteiger partial charge in [0, 0.05) is 5.92 Å². The zero-order chi connectivity index (χ0) is 13.0. The van der Waals surface area contributed by atoms with E-state index in [-0.39, 0.29) is 23.7 Å². The molecule has 18 heavy (non-hydrogen) atoms. The van der Waals surface area contributed by atoms with Crippen molar-refractivity contribution in [1.82, 2.24) is 10.6 Å². The van der Waals surface area contributed by atoms with Crippen LogP contribution < -0.4 is 10.6 Å². The minimum atomic E-state index is -0.268. The van der Waals surface area contributed by atoms with Crippen molar-refractivity contribution in [3.05, 3.63) is 35.6 Å². The first-order chi connectivity index (χ1) is 8.66. The molecule has 3 nitrogen and oxygen atoms in total. The van der Waals surface area contributed by atoms with Gasteiger partial charge in [0.25, 0.3) is 0 Å². The largest absolute Gasteiger partial charge is 0.349 e. The van der Waals surface area contributed by atoms with Gasteiger partial charge in [0.05, 0.1) is 6.04 Å². The number of halogens is 1. The van der Waals surface area contributed by atoms with Crippen molar-refractivity contribution in [1.29, 1.82) is 0 Å². The van der Waals surface area contributed by atoms with Gasteiger partial charge in [0.15, 0.2) is 0 Å². The normalized spacial score (nSPS) is 18.3. The Morgan fingerprint density at radius 1 is 1.44 bits per heavy atom. The number of piperidine rings is 1. The van der Waals surface area contributed by atoms with Gasteiger partial charge in [-0.3, -0.25) is 4.79 Å². The summed E-state index contributed by atoms with van der Waals surface area (Å²) in [7, 11) is 0. The van der Waals surface area contributed by atoms with Crippen LogP contribution in [-0.4, -0.2) is 19.0 Å². The number of hydrogen-bond donors (Lipinski definition) is 2. The molecular formula is C14H19FN2O. The Morgan fingerprint density at radius 3 is 2.83 bits per heavy atom. The van der Waals surface area contributed by atoms with Crippen molar-refractivity contribution in [3.8, 4) is 0 Å². The lowest BCUT2D eigenvalue weighted by atomic mass is 9.96. The van der Waals surface area contributed by atoms with E-state index in [1.807, 2.05) is 13.0 Å². The Bertz CT molecular complexity index is 416. The maximum absolute atomic E-state index is 13.1. The molecule has 0 saturated carbocycles. The number of carbonyl (C=O) groups excluding carboxylic acids is 1. The van der Waals surface area contributed by atoms with Crippen molar-refractivity contribution in [2.75, 3.05) is 13.1 Å². The van der Waals surface area contributed by atoms with Gasteiger partial charge in [-0.05, 0) is 50.6 Å². The Morgan fingerprint density at radius 2 is 2.17 bits per heavy atom. The van der Waals surface area contributed by atoms with Crippen LogP contribution in [0.5, 0.6) is 0 Å². The number of carbonyl (C=O) groups is 1. The van der Waals surface area contributed by atoms with Crippen LogP contribution in [0.1, 0.15) is 31.4 Å². The molecule has 0 spiro atoms. The quantitative estimate of drug-likeness (QED) is 0.861. The van der Waals surface area contributed by atoms with Gasteiger partial charge in [-0.15, -0.1) is 0 Å². The molecule has 1 aromatic carbocycles. The van der Waals surface area contributed by atoms with Crippen molar-refractivity contribution in [2.24, 2.45) is 5.92 Å². The summed E-state index contributed by atoms with van der Waals surface area (Å²) < 4.78 is 13.1. The molecule has 2 N–H and O–H groups in total. The molecule has 1 aliphatic heterocycles. The van der Waals surface area contributed by atoms with E-state index in [1.165, 1.54) is 12.1 Å². The summed E-state index contributed by atoms with van der Waals surface area (Å²) in [5, 5.41) is 6.19. The average Bonchev–Trinajstić information content (AvgIpc) is 2.39. The second-order valence-electron chi connectivity index (χ2n) is 4.81. The molecule has 0 bridgehead atoms. The number of benzene rings is 1. The fourth-order valence-corrected chi connectivity index (χ4v) is 2.27. The summed E-state index contributed by atoms with van der Waals surface area (Å²) in [4.78, 5) is 12.0. The Balaban J connectivity index is 1.94. The van der Waals surface area contributed by atoms with E-state index in [4.69, 9.17) is 0 Å². The number of rotatable bonds is 3. The molecule has 1 aliphatic rings. The molecule has 1 fully saturated rings. The highest BCUT2D eigenvalue weighted by Gasteiger charge is 2.22. The standard InChI is InChI=1S/C14H19FN2O/c1-10(12-3-2-4-13(15)9-12)17-14(18)11-5-7-16-8-6-11/h2-4,9-11,16H,5-8H2,1H3,(H,17,18)/t10-/m0/s1. The second kappa shape index (κ2) is 5.96. The number of hydrogen-bond acceptors (Lipinski definition) is 2. The molecule has 0 aromatic heterocycles. The zero-order valence-electron chi connectivity index (χ0n) is 10.6. The van der Waals surface area contributed by atoms with Crippen LogP contribution in [0.2, 0.25) is 0 Å². The lowest BCUT2D eigenvalue weighted by Crippen LogP contribution is -2.39. The highest BCUT2D eigenvalue weighted by Crippen LogP contribution is 2.17. The molecule has 4 heteroatoms. The van der Waals surface area contributed by atoms with Crippen LogP contribution in [0.25, 0.3) is 0 Å². The molecule has 1 saturated heterocycles. The van der Waals surface area contributed by atoms with Crippen LogP contribution in [0.3, 0.4) is 0 Å². The summed E-state index contributed by atoms with van der Waals surface area (Å²) in [6, 6.07) is 6.22. The maximum Gasteiger partial charge on any atom is 0.223 e. The van der Waals surface area contributed by atoms with Crippen LogP contribution in [0.4, 0.5) is 4.39 Å². The topological polar surface area (TPSA) is 41.1 Å². The van der Waals surface area contributed by atoms with Crippen LogP contribution in [0.15, 0.2) is 24.3 Å². The molecule has 98 valence electrons. The molecule has 1 heterocycles. The summed E-state index contributed by atoms with van der Waals surface area (Å²) in [6.45, 7) is 3.67. The lowest BCUT2D eigenvalue weighted by molar-refractivity contribution is -0.126. The minimum Gasteiger partial charge on any atom is -0.349 e. The first-order valence-corrected chi connectivity index (χ1v) is 6.43. The van der Waals surface area contributed by atoms with E-state index >= 15 is 0 Å². The Kier molecular flexibility index (Phi) is 4.31. The molecule has 1 amide bonds. The van der Waals surface area contributed by atoms with Gasteiger partial charge in [-0.1, -0.05) is 12.1 Å². The van der Waals surface area contributed by atoms with E-state index < -0.39 is 0 Å². The molecule has 0 unspecified atom stereocenters. The third kappa shape index (κ3) is 3.29. The fourth-order valence-electron chi connectivity index (χ4n) is 2.27. The molecular weight excluding hydrogens is 231 g/mol. The number of nitrogens with one attached hydrogen (secondary N) is 2. The highest BCUT2D eigenvalue weighted by molar-refractivity contribution is 5.79. The predicted molar refractivity (Wildman–Crippen MR) is 68.6 cm³/mol.